The lowest BCUT2D eigenvalue weighted by Gasteiger charge is -2.37. The van der Waals surface area contributed by atoms with Crippen molar-refractivity contribution in [3.8, 4) is 17.2 Å². The van der Waals surface area contributed by atoms with Gasteiger partial charge in [-0.25, -0.2) is 9.36 Å². The van der Waals surface area contributed by atoms with Crippen molar-refractivity contribution in [1.29, 1.82) is 5.41 Å². The van der Waals surface area contributed by atoms with Crippen molar-refractivity contribution in [3.05, 3.63) is 192 Å². The minimum atomic E-state index is -3.90. The number of aliphatic hydroxyl groups excluding tert-OH is 1. The number of carbonyl (C=O) groups is 1. The lowest BCUT2D eigenvalue weighted by molar-refractivity contribution is 0.0473. The molecule has 2 aliphatic rings. The van der Waals surface area contributed by atoms with E-state index in [0.29, 0.717) is 47.8 Å². The molecule has 6 aromatic carbocycles. The molecule has 2 unspecified atom stereocenters. The predicted octanol–water partition coefficient (Wildman–Crippen LogP) is 8.97. The van der Waals surface area contributed by atoms with Crippen molar-refractivity contribution in [2.24, 2.45) is 5.73 Å². The van der Waals surface area contributed by atoms with Crippen molar-refractivity contribution in [2.75, 3.05) is 12.1 Å². The van der Waals surface area contributed by atoms with Gasteiger partial charge in [-0.2, -0.15) is 0 Å². The number of carbonyl (C=O) groups excluding carboxylic acids is 1. The summed E-state index contributed by atoms with van der Waals surface area (Å²) in [5.41, 5.74) is 15.6. The maximum atomic E-state index is 15.5. The summed E-state index contributed by atoms with van der Waals surface area (Å²) in [6, 6.07) is 49.7. The number of para-hydroxylation sites is 2. The molecule has 11 nitrogen and oxygen atoms in total. The summed E-state index contributed by atoms with van der Waals surface area (Å²) in [6.07, 6.45) is 0.202. The average molecular weight is 822 g/mol. The Bertz CT molecular complexity index is 2430. The van der Waals surface area contributed by atoms with Gasteiger partial charge in [0.2, 0.25) is 6.35 Å². The summed E-state index contributed by atoms with van der Waals surface area (Å²) >= 11 is 0. The Hall–Kier alpha value is -6.55. The van der Waals surface area contributed by atoms with Gasteiger partial charge in [0.15, 0.2) is 0 Å². The number of nitrogens with zero attached hydrogens (tertiary/aromatic N) is 2. The first-order valence-corrected chi connectivity index (χ1v) is 21.7. The molecule has 1 aliphatic carbocycles. The molecule has 6 aromatic rings. The van der Waals surface area contributed by atoms with E-state index in [4.69, 9.17) is 30.7 Å². The molecule has 6 N–H and O–H groups in total. The Labute approximate surface area is 350 Å². The van der Waals surface area contributed by atoms with Crippen molar-refractivity contribution in [2.45, 2.75) is 56.0 Å². The summed E-state index contributed by atoms with van der Waals surface area (Å²) in [5, 5.41) is 20.6. The van der Waals surface area contributed by atoms with Gasteiger partial charge in [-0.15, -0.1) is 0 Å². The number of nitrogen functional groups attached to an aromatic ring is 2. The minimum absolute atomic E-state index is 0.105. The second-order valence-corrected chi connectivity index (χ2v) is 17.3. The Morgan fingerprint density at radius 2 is 1.30 bits per heavy atom. The number of rotatable bonds is 15. The van der Waals surface area contributed by atoms with Gasteiger partial charge in [0.25, 0.3) is 0 Å². The summed E-state index contributed by atoms with van der Waals surface area (Å²) in [5.74, 6) is 0.897. The SMILES string of the molecule is N=C(N)c1cc(CN2C(=O)N(Cc3cccc(OCP(=O)(Oc4ccccc4)Oc4ccccc4)c3)C3(CC3c3ccccc3)[C@H](O)C[C@H]2Cc2ccccc2)ccc1N. The van der Waals surface area contributed by atoms with Crippen LogP contribution in [0.2, 0.25) is 0 Å². The Kier molecular flexibility index (Phi) is 11.6. The number of hydrogen-bond donors (Lipinski definition) is 4. The third-order valence-electron chi connectivity index (χ3n) is 11.3. The molecule has 1 saturated heterocycles. The van der Waals surface area contributed by atoms with E-state index in [9.17, 15) is 9.67 Å². The van der Waals surface area contributed by atoms with Crippen LogP contribution in [-0.4, -0.2) is 50.8 Å². The number of nitrogens with two attached hydrogens (primary N) is 2. The summed E-state index contributed by atoms with van der Waals surface area (Å²) in [6.45, 7) is 0.359. The molecule has 1 heterocycles. The van der Waals surface area contributed by atoms with Gasteiger partial charge in [0.05, 0.1) is 11.6 Å². The average Bonchev–Trinajstić information content (AvgIpc) is 4.03. The molecule has 0 bridgehead atoms. The standard InChI is InChI=1S/C48H48N5O6P/c49-44-25-24-36(28-42(44)46(50)51)31-52-38(26-34-14-5-1-6-15-34)29-45(54)48(30-43(48)37-17-7-2-8-18-37)53(47(52)55)32-35-16-13-23-41(27-35)57-33-60(56,58-39-19-9-3-10-20-39)59-40-21-11-4-12-22-40/h1-25,27-28,38,43,45,54H,26,29-33,49H2,(H3,50,51)/t38-,43?,45-,48?/m1/s1. The third-order valence-corrected chi connectivity index (χ3v) is 12.8. The van der Waals surface area contributed by atoms with Crippen molar-refractivity contribution < 1.29 is 28.3 Å². The monoisotopic (exact) mass is 821 g/mol. The first-order chi connectivity index (χ1) is 29.1. The van der Waals surface area contributed by atoms with Crippen molar-refractivity contribution in [3.63, 3.8) is 0 Å². The van der Waals surface area contributed by atoms with E-state index in [1.54, 1.807) is 66.7 Å². The van der Waals surface area contributed by atoms with Crippen LogP contribution in [0.25, 0.3) is 0 Å². The molecule has 4 atom stereocenters. The number of amides is 2. The quantitative estimate of drug-likeness (QED) is 0.0345. The normalized spacial score (nSPS) is 20.0. The second-order valence-electron chi connectivity index (χ2n) is 15.4. The van der Waals surface area contributed by atoms with Crippen LogP contribution in [0.15, 0.2) is 164 Å². The van der Waals surface area contributed by atoms with Crippen LogP contribution in [-0.2, 0) is 24.1 Å². The molecule has 1 saturated carbocycles. The number of ether oxygens (including phenoxy) is 1. The smallest absolute Gasteiger partial charge is 0.468 e. The van der Waals surface area contributed by atoms with Crippen molar-refractivity contribution >= 4 is 25.1 Å². The van der Waals surface area contributed by atoms with Gasteiger partial charge in [-0.05, 0) is 90.0 Å². The lowest BCUT2D eigenvalue weighted by atomic mass is 9.92. The van der Waals surface area contributed by atoms with Crippen LogP contribution in [0.4, 0.5) is 10.5 Å². The van der Waals surface area contributed by atoms with E-state index in [2.05, 4.69) is 12.1 Å². The van der Waals surface area contributed by atoms with Gasteiger partial charge in [-0.1, -0.05) is 115 Å². The van der Waals surface area contributed by atoms with Gasteiger partial charge in [-0.3, -0.25) is 5.41 Å². The van der Waals surface area contributed by atoms with Crippen LogP contribution in [0.5, 0.6) is 17.2 Å². The van der Waals surface area contributed by atoms with Gasteiger partial charge in [0, 0.05) is 36.3 Å². The van der Waals surface area contributed by atoms with Crippen LogP contribution < -0.4 is 25.3 Å². The van der Waals surface area contributed by atoms with E-state index in [-0.39, 0.29) is 43.3 Å². The third kappa shape index (κ3) is 8.88. The molecule has 12 heteroatoms. The number of hydrogen-bond acceptors (Lipinski definition) is 8. The first-order valence-electron chi connectivity index (χ1n) is 20.0. The number of urea groups is 1. The first kappa shape index (κ1) is 40.2. The van der Waals surface area contributed by atoms with Crippen LogP contribution in [0.1, 0.15) is 46.6 Å². The number of aliphatic hydroxyl groups is 1. The molecule has 60 heavy (non-hydrogen) atoms. The Morgan fingerprint density at radius 3 is 1.93 bits per heavy atom. The fourth-order valence-corrected chi connectivity index (χ4v) is 9.67. The number of amidine groups is 1. The maximum absolute atomic E-state index is 15.5. The van der Waals surface area contributed by atoms with E-state index >= 15 is 4.79 Å². The summed E-state index contributed by atoms with van der Waals surface area (Å²) < 4.78 is 32.3. The lowest BCUT2D eigenvalue weighted by Crippen LogP contribution is -2.51. The highest BCUT2D eigenvalue weighted by Crippen LogP contribution is 2.60. The van der Waals surface area contributed by atoms with Crippen LogP contribution >= 0.6 is 7.60 Å². The number of anilines is 1. The van der Waals surface area contributed by atoms with E-state index < -0.39 is 19.2 Å². The molecule has 1 aliphatic heterocycles. The fraction of sp³-hybridized carbons (Fsp3) is 0.208. The molecule has 0 radical (unpaired) electrons. The number of benzene rings is 6. The highest BCUT2D eigenvalue weighted by molar-refractivity contribution is 7.54. The van der Waals surface area contributed by atoms with Gasteiger partial charge >= 0.3 is 13.6 Å². The predicted molar refractivity (Wildman–Crippen MR) is 233 cm³/mol. The largest absolute Gasteiger partial charge is 0.479 e. The van der Waals surface area contributed by atoms with Crippen LogP contribution in [0, 0.1) is 5.41 Å². The van der Waals surface area contributed by atoms with E-state index in [0.717, 1.165) is 22.3 Å². The molecule has 2 amide bonds. The minimum Gasteiger partial charge on any atom is -0.479 e. The maximum Gasteiger partial charge on any atom is 0.468 e. The van der Waals surface area contributed by atoms with Crippen LogP contribution in [0.3, 0.4) is 0 Å². The van der Waals surface area contributed by atoms with E-state index in [1.807, 2.05) is 94.7 Å². The molecule has 0 aromatic heterocycles. The Morgan fingerprint density at radius 1 is 0.733 bits per heavy atom. The molecule has 2 fully saturated rings. The zero-order chi connectivity index (χ0) is 41.7. The number of nitrogens with one attached hydrogen (secondary N) is 1. The highest BCUT2D eigenvalue weighted by atomic mass is 31.2. The molecular formula is C48H48N5O6P. The molecule has 8 rings (SSSR count). The molecule has 1 spiro atoms. The highest BCUT2D eigenvalue weighted by Gasteiger charge is 2.66. The van der Waals surface area contributed by atoms with Gasteiger partial charge < -0.3 is 40.2 Å². The zero-order valence-corrected chi connectivity index (χ0v) is 33.9. The fourth-order valence-electron chi connectivity index (χ4n) is 8.33. The van der Waals surface area contributed by atoms with E-state index in [1.165, 1.54) is 0 Å². The van der Waals surface area contributed by atoms with Crippen molar-refractivity contribution in [1.82, 2.24) is 9.80 Å². The molecule has 306 valence electrons. The summed E-state index contributed by atoms with van der Waals surface area (Å²) in [7, 11) is -3.90. The van der Waals surface area contributed by atoms with Gasteiger partial charge in [0.1, 0.15) is 23.1 Å². The molecular weight excluding hydrogens is 774 g/mol. The second kappa shape index (κ2) is 17.4. The Balaban J connectivity index is 1.13. The summed E-state index contributed by atoms with van der Waals surface area (Å²) in [4.78, 5) is 19.1. The topological polar surface area (TPSA) is 164 Å². The zero-order valence-electron chi connectivity index (χ0n) is 33.0.